The molecule has 3 aromatic carbocycles. The molecule has 0 aliphatic carbocycles. The summed E-state index contributed by atoms with van der Waals surface area (Å²) < 4.78 is 58.8. The van der Waals surface area contributed by atoms with E-state index < -0.39 is 34.2 Å². The second-order valence-corrected chi connectivity index (χ2v) is 11.2. The molecule has 3 aromatic rings. The van der Waals surface area contributed by atoms with Gasteiger partial charge in [-0.05, 0) is 55.0 Å². The van der Waals surface area contributed by atoms with Gasteiger partial charge in [0.25, 0.3) is 10.0 Å². The number of hydrogen-bond acceptors (Lipinski definition) is 7. The zero-order valence-corrected chi connectivity index (χ0v) is 22.0. The summed E-state index contributed by atoms with van der Waals surface area (Å²) in [5, 5.41) is 12.9. The van der Waals surface area contributed by atoms with Gasteiger partial charge in [0.2, 0.25) is 5.91 Å². The largest absolute Gasteiger partial charge is 0.496 e. The third-order valence-electron chi connectivity index (χ3n) is 6.96. The first-order chi connectivity index (χ1) is 18.8. The maximum absolute atomic E-state index is 13.2. The highest BCUT2D eigenvalue weighted by Crippen LogP contribution is 2.47. The Morgan fingerprint density at radius 2 is 1.90 bits per heavy atom. The summed E-state index contributed by atoms with van der Waals surface area (Å²) in [4.78, 5) is 12.7. The van der Waals surface area contributed by atoms with E-state index in [9.17, 15) is 22.7 Å². The van der Waals surface area contributed by atoms with Crippen LogP contribution in [-0.2, 0) is 26.1 Å². The second-order valence-electron chi connectivity index (χ2n) is 9.51. The van der Waals surface area contributed by atoms with Crippen molar-refractivity contribution >= 4 is 21.6 Å². The molecule has 9 nitrogen and oxygen atoms in total. The number of benzene rings is 3. The topological polar surface area (TPSA) is 123 Å². The normalized spacial score (nSPS) is 21.8. The first-order valence-corrected chi connectivity index (χ1v) is 14.0. The summed E-state index contributed by atoms with van der Waals surface area (Å²) in [6, 6.07) is 16.9. The number of rotatable bonds is 9. The minimum absolute atomic E-state index is 0.0656. The fraction of sp³-hybridized carbons (Fsp3) is 0.321. The Hall–Kier alpha value is -3.67. The van der Waals surface area contributed by atoms with Crippen LogP contribution < -0.4 is 19.5 Å². The summed E-state index contributed by atoms with van der Waals surface area (Å²) in [5.74, 6) is 0.295. The van der Waals surface area contributed by atoms with Gasteiger partial charge in [0.1, 0.15) is 29.5 Å². The van der Waals surface area contributed by atoms with Gasteiger partial charge in [-0.3, -0.25) is 9.52 Å². The molecule has 0 saturated carbocycles. The Morgan fingerprint density at radius 3 is 2.64 bits per heavy atom. The summed E-state index contributed by atoms with van der Waals surface area (Å²) in [6.45, 7) is 0.00704. The Bertz CT molecular complexity index is 1450. The van der Waals surface area contributed by atoms with Crippen molar-refractivity contribution in [3.63, 3.8) is 0 Å². The molecule has 0 aromatic heterocycles. The van der Waals surface area contributed by atoms with E-state index in [1.165, 1.54) is 12.1 Å². The number of fused-ring (bicyclic) bond motifs is 3. The number of aliphatic hydroxyl groups is 1. The lowest BCUT2D eigenvalue weighted by molar-refractivity contribution is -0.142. The van der Waals surface area contributed by atoms with Crippen LogP contribution in [0.2, 0.25) is 0 Å². The molecular weight excluding hydrogens is 527 g/mol. The molecule has 3 N–H and O–H groups in total. The number of aliphatic hydroxyl groups excluding tert-OH is 1. The molecule has 1 amide bonds. The zero-order valence-electron chi connectivity index (χ0n) is 21.2. The number of methoxy groups -OCH3 is 1. The smallest absolute Gasteiger partial charge is 0.261 e. The number of nitrogens with one attached hydrogen (secondary N) is 2. The molecule has 2 aliphatic rings. The molecule has 11 heteroatoms. The number of carbonyl (C=O) groups excluding carboxylic acids is 1. The lowest BCUT2D eigenvalue weighted by atomic mass is 9.84. The van der Waals surface area contributed by atoms with E-state index in [0.29, 0.717) is 30.2 Å². The van der Waals surface area contributed by atoms with Gasteiger partial charge >= 0.3 is 0 Å². The Morgan fingerprint density at radius 1 is 1.13 bits per heavy atom. The van der Waals surface area contributed by atoms with Crippen LogP contribution >= 0.6 is 0 Å². The molecule has 39 heavy (non-hydrogen) atoms. The summed E-state index contributed by atoms with van der Waals surface area (Å²) in [7, 11) is -2.37. The molecule has 0 bridgehead atoms. The van der Waals surface area contributed by atoms with Crippen molar-refractivity contribution in [3.05, 3.63) is 83.7 Å². The lowest BCUT2D eigenvalue weighted by Crippen LogP contribution is -2.47. The van der Waals surface area contributed by atoms with Gasteiger partial charge < -0.3 is 24.6 Å². The van der Waals surface area contributed by atoms with Gasteiger partial charge in [-0.15, -0.1) is 0 Å². The van der Waals surface area contributed by atoms with Crippen molar-refractivity contribution in [2.75, 3.05) is 18.4 Å². The van der Waals surface area contributed by atoms with E-state index in [-0.39, 0.29) is 29.7 Å². The van der Waals surface area contributed by atoms with Gasteiger partial charge in [-0.2, -0.15) is 0 Å². The van der Waals surface area contributed by atoms with E-state index in [1.807, 2.05) is 24.3 Å². The van der Waals surface area contributed by atoms with Gasteiger partial charge in [0.05, 0.1) is 31.1 Å². The molecule has 1 saturated heterocycles. The molecule has 206 valence electrons. The number of sulfonamides is 1. The van der Waals surface area contributed by atoms with Gasteiger partial charge in [-0.1, -0.05) is 18.2 Å². The van der Waals surface area contributed by atoms with Crippen molar-refractivity contribution in [2.45, 2.75) is 48.5 Å². The zero-order chi connectivity index (χ0) is 27.6. The van der Waals surface area contributed by atoms with Crippen molar-refractivity contribution in [1.82, 2.24) is 5.32 Å². The maximum Gasteiger partial charge on any atom is 0.261 e. The van der Waals surface area contributed by atoms with Gasteiger partial charge in [0, 0.05) is 29.3 Å². The van der Waals surface area contributed by atoms with Crippen molar-refractivity contribution in [2.24, 2.45) is 0 Å². The number of ether oxygens (including phenoxy) is 3. The highest BCUT2D eigenvalue weighted by molar-refractivity contribution is 7.92. The fourth-order valence-corrected chi connectivity index (χ4v) is 6.15. The first-order valence-electron chi connectivity index (χ1n) is 12.5. The minimum Gasteiger partial charge on any atom is -0.496 e. The molecule has 4 atom stereocenters. The number of hydrogen-bond donors (Lipinski definition) is 3. The molecule has 2 aliphatic heterocycles. The highest BCUT2D eigenvalue weighted by atomic mass is 32.2. The Kier molecular flexibility index (Phi) is 7.74. The molecule has 0 radical (unpaired) electrons. The van der Waals surface area contributed by atoms with Crippen LogP contribution in [0.5, 0.6) is 11.5 Å². The molecule has 5 rings (SSSR count). The maximum atomic E-state index is 13.2. The predicted octanol–water partition coefficient (Wildman–Crippen LogP) is 3.34. The van der Waals surface area contributed by atoms with E-state index >= 15 is 0 Å². The van der Waals surface area contributed by atoms with Crippen molar-refractivity contribution in [3.8, 4) is 11.5 Å². The third-order valence-corrected chi connectivity index (χ3v) is 8.35. The van der Waals surface area contributed by atoms with Crippen LogP contribution in [0.25, 0.3) is 0 Å². The second kappa shape index (κ2) is 11.2. The molecule has 0 unspecified atom stereocenters. The van der Waals surface area contributed by atoms with E-state index in [0.717, 1.165) is 23.3 Å². The average Bonchev–Trinajstić information content (AvgIpc) is 3.29. The number of anilines is 1. The average molecular weight is 557 g/mol. The van der Waals surface area contributed by atoms with Crippen LogP contribution in [0, 0.1) is 5.82 Å². The van der Waals surface area contributed by atoms with E-state index in [1.54, 1.807) is 25.3 Å². The van der Waals surface area contributed by atoms with Crippen LogP contribution in [0.4, 0.5) is 10.1 Å². The molecular formula is C28H29FN2O7S. The van der Waals surface area contributed by atoms with Crippen LogP contribution in [-0.4, -0.2) is 51.5 Å². The quantitative estimate of drug-likeness (QED) is 0.370. The lowest BCUT2D eigenvalue weighted by Gasteiger charge is -2.37. The molecule has 0 spiro atoms. The first kappa shape index (κ1) is 26.9. The Balaban J connectivity index is 1.28. The monoisotopic (exact) mass is 556 g/mol. The van der Waals surface area contributed by atoms with Crippen LogP contribution in [0.15, 0.2) is 71.6 Å². The minimum atomic E-state index is -3.94. The summed E-state index contributed by atoms with van der Waals surface area (Å²) in [6.07, 6.45) is -1.06. The SMILES string of the molecule is COc1ccccc1CNC(=O)C[C@H]1C[C@H]2c3cc(NS(=O)(=O)c4ccc(F)cc4)ccc3O[C@H]2[C@@H](CO)O1. The van der Waals surface area contributed by atoms with Crippen molar-refractivity contribution in [1.29, 1.82) is 0 Å². The number of carbonyl (C=O) groups is 1. The van der Waals surface area contributed by atoms with E-state index in [4.69, 9.17) is 14.2 Å². The number of halogens is 1. The summed E-state index contributed by atoms with van der Waals surface area (Å²) >= 11 is 0. The number of amides is 1. The van der Waals surface area contributed by atoms with Crippen molar-refractivity contribution < 1.29 is 36.9 Å². The highest BCUT2D eigenvalue weighted by Gasteiger charge is 2.46. The summed E-state index contributed by atoms with van der Waals surface area (Å²) in [5.41, 5.74) is 1.93. The van der Waals surface area contributed by atoms with Gasteiger partial charge in [-0.25, -0.2) is 12.8 Å². The standard InChI is InChI=1S/C28H29FN2O7S/c1-36-24-5-3-2-4-17(24)15-30-27(33)14-20-13-23-22-12-19(8-11-25(22)38-28(23)26(16-32)37-20)31-39(34,35)21-9-6-18(29)7-10-21/h2-12,20,23,26,28,31-32H,13-16H2,1H3,(H,30,33)/t20-,23+,26-,28-/m1/s1. The number of para-hydroxylation sites is 1. The van der Waals surface area contributed by atoms with Gasteiger partial charge in [0.15, 0.2) is 0 Å². The Labute approximate surface area is 226 Å². The molecule has 1 fully saturated rings. The van der Waals surface area contributed by atoms with Crippen LogP contribution in [0.3, 0.4) is 0 Å². The third kappa shape index (κ3) is 5.85. The molecule has 2 heterocycles. The van der Waals surface area contributed by atoms with Crippen LogP contribution in [0.1, 0.15) is 29.9 Å². The predicted molar refractivity (Wildman–Crippen MR) is 141 cm³/mol. The van der Waals surface area contributed by atoms with E-state index in [2.05, 4.69) is 10.0 Å². The fourth-order valence-electron chi connectivity index (χ4n) is 5.10.